The highest BCUT2D eigenvalue weighted by atomic mass is 16.3. The molecule has 1 N–H and O–H groups in total. The molecule has 0 saturated heterocycles. The van der Waals surface area contributed by atoms with Crippen molar-refractivity contribution in [2.24, 2.45) is 5.92 Å². The smallest absolute Gasteiger partial charge is 0.0512 e. The molecule has 0 unspecified atom stereocenters. The Balaban J connectivity index is 1.87. The molecule has 0 amide bonds. The molecule has 1 saturated carbocycles. The molecule has 1 atom stereocenters. The van der Waals surface area contributed by atoms with Crippen LogP contribution in [0.3, 0.4) is 0 Å². The Hall–Kier alpha value is -0.0400. The summed E-state index contributed by atoms with van der Waals surface area (Å²) < 4.78 is 0. The van der Waals surface area contributed by atoms with Crippen LogP contribution in [0, 0.1) is 5.92 Å². The lowest BCUT2D eigenvalue weighted by Crippen LogP contribution is -1.98. The van der Waals surface area contributed by atoms with Crippen LogP contribution >= 0.6 is 0 Å². The van der Waals surface area contributed by atoms with Crippen LogP contribution in [0.25, 0.3) is 0 Å². The first-order chi connectivity index (χ1) is 3.79. The van der Waals surface area contributed by atoms with Gasteiger partial charge in [-0.15, -0.1) is 0 Å². The molecule has 0 radical (unpaired) electrons. The summed E-state index contributed by atoms with van der Waals surface area (Å²) in [5.41, 5.74) is 0. The van der Waals surface area contributed by atoms with E-state index in [-0.39, 0.29) is 6.10 Å². The normalized spacial score (nSPS) is 23.2. The predicted octanol–water partition coefficient (Wildman–Crippen LogP) is 1.56. The van der Waals surface area contributed by atoms with Crippen molar-refractivity contribution in [2.75, 3.05) is 0 Å². The van der Waals surface area contributed by atoms with E-state index in [0.29, 0.717) is 0 Å². The Kier molecular flexibility index (Phi) is 1.90. The molecule has 8 heavy (non-hydrogen) atoms. The van der Waals surface area contributed by atoms with Crippen molar-refractivity contribution < 1.29 is 5.11 Å². The van der Waals surface area contributed by atoms with Crippen LogP contribution in [0.4, 0.5) is 0 Å². The zero-order valence-corrected chi connectivity index (χ0v) is 5.43. The minimum atomic E-state index is -0.0735. The second-order valence-electron chi connectivity index (χ2n) is 2.87. The summed E-state index contributed by atoms with van der Waals surface area (Å²) >= 11 is 0. The van der Waals surface area contributed by atoms with Crippen molar-refractivity contribution in [1.29, 1.82) is 0 Å². The maximum atomic E-state index is 8.83. The number of hydrogen-bond acceptors (Lipinski definition) is 1. The molecule has 1 aliphatic carbocycles. The van der Waals surface area contributed by atoms with Crippen LogP contribution in [0.5, 0.6) is 0 Å². The molecule has 48 valence electrons. The van der Waals surface area contributed by atoms with Gasteiger partial charge < -0.3 is 5.11 Å². The standard InChI is InChI=1S/C7H14O/c1-6(8)2-3-7-4-5-7/h6-8H,2-5H2,1H3/t6-/m0/s1. The molecule has 1 rings (SSSR count). The van der Waals surface area contributed by atoms with Crippen molar-refractivity contribution in [3.8, 4) is 0 Å². The first-order valence-electron chi connectivity index (χ1n) is 3.47. The molecule has 1 heteroatoms. The Morgan fingerprint density at radius 2 is 2.25 bits per heavy atom. The van der Waals surface area contributed by atoms with E-state index in [0.717, 1.165) is 12.3 Å². The number of aliphatic hydroxyl groups excluding tert-OH is 1. The van der Waals surface area contributed by atoms with Crippen LogP contribution < -0.4 is 0 Å². The monoisotopic (exact) mass is 114 g/mol. The molecule has 0 spiro atoms. The molecule has 0 heterocycles. The summed E-state index contributed by atoms with van der Waals surface area (Å²) in [6, 6.07) is 0. The molecular weight excluding hydrogens is 100 g/mol. The third kappa shape index (κ3) is 2.31. The first-order valence-corrected chi connectivity index (χ1v) is 3.47. The van der Waals surface area contributed by atoms with Gasteiger partial charge in [0.25, 0.3) is 0 Å². The molecule has 0 bridgehead atoms. The van der Waals surface area contributed by atoms with Crippen LogP contribution in [-0.4, -0.2) is 11.2 Å². The Bertz CT molecular complexity index is 62.8. The van der Waals surface area contributed by atoms with Gasteiger partial charge in [-0.2, -0.15) is 0 Å². The van der Waals surface area contributed by atoms with E-state index < -0.39 is 0 Å². The highest BCUT2D eigenvalue weighted by molar-refractivity contribution is 4.73. The molecule has 1 fully saturated rings. The molecule has 0 aliphatic heterocycles. The van der Waals surface area contributed by atoms with E-state index in [1.165, 1.54) is 19.3 Å². The summed E-state index contributed by atoms with van der Waals surface area (Å²) in [7, 11) is 0. The second-order valence-corrected chi connectivity index (χ2v) is 2.87. The SMILES string of the molecule is C[C@H](O)CCC1CC1. The third-order valence-electron chi connectivity index (χ3n) is 1.69. The summed E-state index contributed by atoms with van der Waals surface area (Å²) in [4.78, 5) is 0. The van der Waals surface area contributed by atoms with Crippen LogP contribution in [0.15, 0.2) is 0 Å². The van der Waals surface area contributed by atoms with Crippen LogP contribution in [0.1, 0.15) is 32.6 Å². The average molecular weight is 114 g/mol. The number of hydrogen-bond donors (Lipinski definition) is 1. The van der Waals surface area contributed by atoms with Gasteiger partial charge in [-0.25, -0.2) is 0 Å². The molecule has 1 aliphatic rings. The van der Waals surface area contributed by atoms with E-state index >= 15 is 0 Å². The van der Waals surface area contributed by atoms with Gasteiger partial charge in [0.15, 0.2) is 0 Å². The van der Waals surface area contributed by atoms with Gasteiger partial charge in [-0.3, -0.25) is 0 Å². The highest BCUT2D eigenvalue weighted by Gasteiger charge is 2.20. The Labute approximate surface area is 50.7 Å². The number of aliphatic hydroxyl groups is 1. The van der Waals surface area contributed by atoms with Crippen LogP contribution in [0.2, 0.25) is 0 Å². The van der Waals surface area contributed by atoms with Crippen molar-refractivity contribution in [3.05, 3.63) is 0 Å². The summed E-state index contributed by atoms with van der Waals surface area (Å²) in [5, 5.41) is 8.83. The molecule has 0 aromatic heterocycles. The van der Waals surface area contributed by atoms with Crippen molar-refractivity contribution >= 4 is 0 Å². The van der Waals surface area contributed by atoms with Crippen LogP contribution in [-0.2, 0) is 0 Å². The van der Waals surface area contributed by atoms with E-state index in [1.54, 1.807) is 0 Å². The quantitative estimate of drug-likeness (QED) is 0.590. The summed E-state index contributed by atoms with van der Waals surface area (Å²) in [5.74, 6) is 0.976. The second kappa shape index (κ2) is 2.49. The van der Waals surface area contributed by atoms with Gasteiger partial charge >= 0.3 is 0 Å². The largest absolute Gasteiger partial charge is 0.393 e. The zero-order valence-electron chi connectivity index (χ0n) is 5.43. The van der Waals surface area contributed by atoms with Gasteiger partial charge in [0.1, 0.15) is 0 Å². The third-order valence-corrected chi connectivity index (χ3v) is 1.69. The molecular formula is C7H14O. The van der Waals surface area contributed by atoms with E-state index in [4.69, 9.17) is 5.11 Å². The van der Waals surface area contributed by atoms with Gasteiger partial charge in [0.2, 0.25) is 0 Å². The van der Waals surface area contributed by atoms with Gasteiger partial charge in [0, 0.05) is 0 Å². The van der Waals surface area contributed by atoms with Crippen molar-refractivity contribution in [3.63, 3.8) is 0 Å². The maximum absolute atomic E-state index is 8.83. The lowest BCUT2D eigenvalue weighted by Gasteiger charge is -1.99. The number of rotatable bonds is 3. The zero-order chi connectivity index (χ0) is 5.98. The molecule has 0 aromatic rings. The Morgan fingerprint density at radius 1 is 1.62 bits per heavy atom. The lowest BCUT2D eigenvalue weighted by molar-refractivity contribution is 0.179. The fourth-order valence-electron chi connectivity index (χ4n) is 0.883. The fourth-order valence-corrected chi connectivity index (χ4v) is 0.883. The fraction of sp³-hybridized carbons (Fsp3) is 1.00. The van der Waals surface area contributed by atoms with E-state index in [2.05, 4.69) is 0 Å². The minimum absolute atomic E-state index is 0.0735. The highest BCUT2D eigenvalue weighted by Crippen LogP contribution is 2.33. The average Bonchev–Trinajstić information content (AvgIpc) is 2.41. The van der Waals surface area contributed by atoms with Crippen molar-refractivity contribution in [2.45, 2.75) is 38.7 Å². The van der Waals surface area contributed by atoms with E-state index in [1.807, 2.05) is 6.92 Å². The Morgan fingerprint density at radius 3 is 2.62 bits per heavy atom. The van der Waals surface area contributed by atoms with E-state index in [9.17, 15) is 0 Å². The van der Waals surface area contributed by atoms with Gasteiger partial charge in [-0.1, -0.05) is 12.8 Å². The first kappa shape index (κ1) is 6.09. The molecule has 1 nitrogen and oxygen atoms in total. The lowest BCUT2D eigenvalue weighted by atomic mass is 10.1. The summed E-state index contributed by atoms with van der Waals surface area (Å²) in [6.45, 7) is 1.86. The minimum Gasteiger partial charge on any atom is -0.393 e. The van der Waals surface area contributed by atoms with Gasteiger partial charge in [0.05, 0.1) is 6.10 Å². The van der Waals surface area contributed by atoms with Crippen molar-refractivity contribution in [1.82, 2.24) is 0 Å². The maximum Gasteiger partial charge on any atom is 0.0512 e. The molecule has 0 aromatic carbocycles. The predicted molar refractivity (Wildman–Crippen MR) is 33.6 cm³/mol. The summed E-state index contributed by atoms with van der Waals surface area (Å²) in [6.07, 6.45) is 5.00. The topological polar surface area (TPSA) is 20.2 Å². The van der Waals surface area contributed by atoms with Gasteiger partial charge in [-0.05, 0) is 25.7 Å².